The summed E-state index contributed by atoms with van der Waals surface area (Å²) >= 11 is 3.46. The van der Waals surface area contributed by atoms with E-state index in [9.17, 15) is 0 Å². The maximum absolute atomic E-state index is 5.73. The second kappa shape index (κ2) is 5.36. The van der Waals surface area contributed by atoms with E-state index in [1.807, 2.05) is 39.0 Å². The van der Waals surface area contributed by atoms with Crippen molar-refractivity contribution in [1.82, 2.24) is 0 Å². The summed E-state index contributed by atoms with van der Waals surface area (Å²) in [5.74, 6) is 2.03. The van der Waals surface area contributed by atoms with Gasteiger partial charge in [-0.2, -0.15) is 0 Å². The predicted octanol–water partition coefficient (Wildman–Crippen LogP) is 4.36. The van der Waals surface area contributed by atoms with Crippen molar-refractivity contribution in [3.8, 4) is 5.75 Å². The largest absolute Gasteiger partial charge is 0.491 e. The molecule has 0 atom stereocenters. The fraction of sp³-hybridized carbons (Fsp3) is 0.308. The average molecular weight is 268 g/mol. The third-order valence-corrected chi connectivity index (χ3v) is 2.53. The molecule has 0 saturated carbocycles. The molecule has 0 unspecified atom stereocenters. The zero-order valence-electron chi connectivity index (χ0n) is 9.38. The first-order valence-corrected chi connectivity index (χ1v) is 5.76. The molecule has 0 aromatic heterocycles. The Bertz CT molecular complexity index is 344. The van der Waals surface area contributed by atoms with Gasteiger partial charge in [-0.1, -0.05) is 28.9 Å². The lowest BCUT2D eigenvalue weighted by Gasteiger charge is -2.16. The van der Waals surface area contributed by atoms with Crippen molar-refractivity contribution in [3.63, 3.8) is 0 Å². The van der Waals surface area contributed by atoms with Crippen molar-refractivity contribution in [1.29, 1.82) is 0 Å². The van der Waals surface area contributed by atoms with Gasteiger partial charge in [0.2, 0.25) is 0 Å². The molecule has 0 aliphatic rings. The van der Waals surface area contributed by atoms with Crippen molar-refractivity contribution in [2.75, 3.05) is 0 Å². The van der Waals surface area contributed by atoms with Crippen LogP contribution in [0, 0.1) is 5.92 Å². The van der Waals surface area contributed by atoms with E-state index in [0.717, 1.165) is 21.7 Å². The quantitative estimate of drug-likeness (QED) is 0.788. The van der Waals surface area contributed by atoms with E-state index in [2.05, 4.69) is 28.6 Å². The first kappa shape index (κ1) is 12.3. The van der Waals surface area contributed by atoms with Crippen LogP contribution in [0.3, 0.4) is 0 Å². The summed E-state index contributed by atoms with van der Waals surface area (Å²) in [6, 6.07) is 6.01. The number of ether oxygens (including phenoxy) is 1. The second-order valence-corrected chi connectivity index (χ2v) is 4.61. The molecular formula is C13H16BrO. The van der Waals surface area contributed by atoms with Gasteiger partial charge in [-0.3, -0.25) is 0 Å². The molecular weight excluding hydrogens is 252 g/mol. The minimum absolute atomic E-state index is 0.183. The summed E-state index contributed by atoms with van der Waals surface area (Å²) in [5, 5.41) is 0. The highest BCUT2D eigenvalue weighted by molar-refractivity contribution is 9.10. The van der Waals surface area contributed by atoms with E-state index < -0.39 is 0 Å². The first-order valence-electron chi connectivity index (χ1n) is 4.97. The third kappa shape index (κ3) is 3.38. The number of rotatable bonds is 4. The highest BCUT2D eigenvalue weighted by atomic mass is 79.9. The van der Waals surface area contributed by atoms with Crippen molar-refractivity contribution in [2.24, 2.45) is 0 Å². The molecule has 1 aromatic rings. The van der Waals surface area contributed by atoms with Crippen LogP contribution in [0.25, 0.3) is 0 Å². The Morgan fingerprint density at radius 3 is 2.67 bits per heavy atom. The highest BCUT2D eigenvalue weighted by Gasteiger charge is 2.11. The van der Waals surface area contributed by atoms with Crippen LogP contribution in [-0.2, 0) is 0 Å². The lowest BCUT2D eigenvalue weighted by Crippen LogP contribution is -2.08. The van der Waals surface area contributed by atoms with Crippen molar-refractivity contribution in [3.05, 3.63) is 46.8 Å². The normalized spacial score (nSPS) is 10.8. The molecule has 81 valence electrons. The minimum atomic E-state index is 0.183. The van der Waals surface area contributed by atoms with Crippen LogP contribution in [0.2, 0.25) is 0 Å². The predicted molar refractivity (Wildman–Crippen MR) is 68.1 cm³/mol. The van der Waals surface area contributed by atoms with E-state index in [1.165, 1.54) is 0 Å². The molecule has 15 heavy (non-hydrogen) atoms. The van der Waals surface area contributed by atoms with E-state index in [4.69, 9.17) is 4.74 Å². The summed E-state index contributed by atoms with van der Waals surface area (Å²) in [5.41, 5.74) is 1.09. The van der Waals surface area contributed by atoms with Gasteiger partial charge in [0.25, 0.3) is 0 Å². The number of hydrogen-bond acceptors (Lipinski definition) is 1. The van der Waals surface area contributed by atoms with Gasteiger partial charge in [-0.15, -0.1) is 6.58 Å². The summed E-state index contributed by atoms with van der Waals surface area (Å²) < 4.78 is 6.78. The van der Waals surface area contributed by atoms with Gasteiger partial charge < -0.3 is 4.74 Å². The van der Waals surface area contributed by atoms with E-state index in [-0.39, 0.29) is 6.10 Å². The Labute approximate surface area is 100 Å². The zero-order valence-corrected chi connectivity index (χ0v) is 11.0. The Balaban J connectivity index is 3.08. The lowest BCUT2D eigenvalue weighted by atomic mass is 10.0. The maximum atomic E-state index is 5.73. The van der Waals surface area contributed by atoms with Gasteiger partial charge in [-0.25, -0.2) is 0 Å². The molecule has 0 spiro atoms. The molecule has 1 aromatic carbocycles. The fourth-order valence-corrected chi connectivity index (χ4v) is 1.64. The van der Waals surface area contributed by atoms with Crippen LogP contribution in [0.5, 0.6) is 5.75 Å². The van der Waals surface area contributed by atoms with Crippen molar-refractivity contribution < 1.29 is 4.74 Å². The SMILES string of the molecule is C=C[C](C)c1cc(Br)ccc1OC(C)C. The topological polar surface area (TPSA) is 9.23 Å². The minimum Gasteiger partial charge on any atom is -0.491 e. The molecule has 1 rings (SSSR count). The molecule has 2 heteroatoms. The number of halogens is 1. The first-order chi connectivity index (χ1) is 7.04. The van der Waals surface area contributed by atoms with Crippen molar-refractivity contribution in [2.45, 2.75) is 26.9 Å². The number of benzene rings is 1. The highest BCUT2D eigenvalue weighted by Crippen LogP contribution is 2.30. The Morgan fingerprint density at radius 1 is 1.47 bits per heavy atom. The number of allylic oxidation sites excluding steroid dienone is 1. The smallest absolute Gasteiger partial charge is 0.123 e. The van der Waals surface area contributed by atoms with Gasteiger partial charge in [0, 0.05) is 16.0 Å². The zero-order chi connectivity index (χ0) is 11.4. The van der Waals surface area contributed by atoms with Crippen LogP contribution in [0.15, 0.2) is 35.3 Å². The molecule has 1 radical (unpaired) electrons. The Hall–Kier alpha value is -0.760. The fourth-order valence-electron chi connectivity index (χ4n) is 1.28. The molecule has 0 amide bonds. The molecule has 0 aliphatic heterocycles. The van der Waals surface area contributed by atoms with Gasteiger partial charge in [-0.05, 0) is 32.0 Å². The molecule has 0 bridgehead atoms. The van der Waals surface area contributed by atoms with E-state index in [0.29, 0.717) is 0 Å². The van der Waals surface area contributed by atoms with Crippen molar-refractivity contribution >= 4 is 15.9 Å². The standard InChI is InChI=1S/C13H16BrO/c1-5-10(4)12-8-11(14)6-7-13(12)15-9(2)3/h5-9H,1H2,2-4H3. The van der Waals surface area contributed by atoms with E-state index >= 15 is 0 Å². The van der Waals surface area contributed by atoms with E-state index in [1.54, 1.807) is 0 Å². The average Bonchev–Trinajstić information content (AvgIpc) is 2.19. The summed E-state index contributed by atoms with van der Waals surface area (Å²) in [6.45, 7) is 9.85. The second-order valence-electron chi connectivity index (χ2n) is 3.69. The van der Waals surface area contributed by atoms with Crippen LogP contribution in [-0.4, -0.2) is 6.10 Å². The third-order valence-electron chi connectivity index (χ3n) is 2.04. The van der Waals surface area contributed by atoms with Crippen LogP contribution in [0.1, 0.15) is 26.3 Å². The summed E-state index contributed by atoms with van der Waals surface area (Å²) in [7, 11) is 0. The molecule has 1 nitrogen and oxygen atoms in total. The molecule has 0 N–H and O–H groups in total. The van der Waals surface area contributed by atoms with Gasteiger partial charge in [0.05, 0.1) is 6.10 Å². The lowest BCUT2D eigenvalue weighted by molar-refractivity contribution is 0.241. The van der Waals surface area contributed by atoms with Gasteiger partial charge >= 0.3 is 0 Å². The van der Waals surface area contributed by atoms with Crippen LogP contribution in [0.4, 0.5) is 0 Å². The molecule has 0 aliphatic carbocycles. The van der Waals surface area contributed by atoms with Crippen LogP contribution < -0.4 is 4.74 Å². The molecule has 0 saturated heterocycles. The molecule has 0 heterocycles. The van der Waals surface area contributed by atoms with Gasteiger partial charge in [0.1, 0.15) is 5.75 Å². The summed E-state index contributed by atoms with van der Waals surface area (Å²) in [6.07, 6.45) is 2.03. The van der Waals surface area contributed by atoms with Gasteiger partial charge in [0.15, 0.2) is 0 Å². The Morgan fingerprint density at radius 2 is 2.13 bits per heavy atom. The maximum Gasteiger partial charge on any atom is 0.123 e. The molecule has 0 fully saturated rings. The number of hydrogen-bond donors (Lipinski definition) is 0. The van der Waals surface area contributed by atoms with Crippen LogP contribution >= 0.6 is 15.9 Å². The Kier molecular flexibility index (Phi) is 4.40. The summed E-state index contributed by atoms with van der Waals surface area (Å²) in [4.78, 5) is 0. The monoisotopic (exact) mass is 267 g/mol.